The van der Waals surface area contributed by atoms with E-state index in [0.29, 0.717) is 21.3 Å². The molecule has 0 bridgehead atoms. The molecule has 3 nitrogen and oxygen atoms in total. The molecule has 0 aliphatic heterocycles. The lowest BCUT2D eigenvalue weighted by Gasteiger charge is -2.10. The summed E-state index contributed by atoms with van der Waals surface area (Å²) in [5.74, 6) is 0.402. The largest absolute Gasteiger partial charge is 0.495 e. The first-order valence-electron chi connectivity index (χ1n) is 6.73. The van der Waals surface area contributed by atoms with Gasteiger partial charge in [-0.15, -0.1) is 11.3 Å². The highest BCUT2D eigenvalue weighted by Gasteiger charge is 2.18. The molecule has 0 unspecified atom stereocenters. The van der Waals surface area contributed by atoms with Crippen LogP contribution in [0.4, 0.5) is 5.69 Å². The molecule has 5 heteroatoms. The highest BCUT2D eigenvalue weighted by molar-refractivity contribution is 7.21. The second-order valence-electron chi connectivity index (χ2n) is 4.90. The van der Waals surface area contributed by atoms with Gasteiger partial charge < -0.3 is 10.1 Å². The predicted molar refractivity (Wildman–Crippen MR) is 92.5 cm³/mol. The zero-order chi connectivity index (χ0) is 15.7. The first kappa shape index (κ1) is 14.9. The number of hydrogen-bond acceptors (Lipinski definition) is 3. The molecule has 0 aliphatic rings. The van der Waals surface area contributed by atoms with E-state index in [2.05, 4.69) is 5.32 Å². The molecule has 0 fully saturated rings. The number of carbonyl (C=O) groups excluding carboxylic acids is 1. The highest BCUT2D eigenvalue weighted by Crippen LogP contribution is 2.36. The van der Waals surface area contributed by atoms with Gasteiger partial charge in [0.1, 0.15) is 10.6 Å². The number of benzene rings is 2. The van der Waals surface area contributed by atoms with E-state index < -0.39 is 0 Å². The maximum Gasteiger partial charge on any atom is 0.267 e. The van der Waals surface area contributed by atoms with Crippen molar-refractivity contribution in [3.05, 3.63) is 57.9 Å². The predicted octanol–water partition coefficient (Wildman–Crippen LogP) is 5.12. The van der Waals surface area contributed by atoms with Crippen molar-refractivity contribution in [3.63, 3.8) is 0 Å². The molecule has 0 radical (unpaired) electrons. The average molecular weight is 332 g/mol. The Morgan fingerprint density at radius 2 is 2.00 bits per heavy atom. The van der Waals surface area contributed by atoms with Gasteiger partial charge in [0.05, 0.1) is 17.8 Å². The summed E-state index contributed by atoms with van der Waals surface area (Å²) in [5, 5.41) is 4.26. The maximum atomic E-state index is 12.5. The number of fused-ring (bicyclic) bond motifs is 1. The summed E-state index contributed by atoms with van der Waals surface area (Å²) in [6, 6.07) is 13.3. The fourth-order valence-electron chi connectivity index (χ4n) is 2.24. The number of halogens is 1. The lowest BCUT2D eigenvalue weighted by molar-refractivity contribution is 0.103. The number of rotatable bonds is 3. The number of carbonyl (C=O) groups is 1. The second kappa shape index (κ2) is 5.99. The van der Waals surface area contributed by atoms with Crippen molar-refractivity contribution in [2.75, 3.05) is 12.4 Å². The zero-order valence-corrected chi connectivity index (χ0v) is 13.7. The molecule has 1 heterocycles. The van der Waals surface area contributed by atoms with E-state index in [4.69, 9.17) is 16.3 Å². The summed E-state index contributed by atoms with van der Waals surface area (Å²) < 4.78 is 6.30. The Morgan fingerprint density at radius 1 is 1.23 bits per heavy atom. The van der Waals surface area contributed by atoms with Gasteiger partial charge in [-0.25, -0.2) is 0 Å². The van der Waals surface area contributed by atoms with Crippen LogP contribution < -0.4 is 10.1 Å². The lowest BCUT2D eigenvalue weighted by Crippen LogP contribution is -2.11. The Morgan fingerprint density at radius 3 is 2.73 bits per heavy atom. The smallest absolute Gasteiger partial charge is 0.267 e. The van der Waals surface area contributed by atoms with Gasteiger partial charge in [-0.2, -0.15) is 0 Å². The van der Waals surface area contributed by atoms with Gasteiger partial charge in [-0.05, 0) is 30.7 Å². The van der Waals surface area contributed by atoms with E-state index in [1.54, 1.807) is 7.11 Å². The van der Waals surface area contributed by atoms with E-state index in [9.17, 15) is 4.79 Å². The molecule has 0 saturated carbocycles. The Hall–Kier alpha value is -2.04. The maximum absolute atomic E-state index is 12.5. The summed E-state index contributed by atoms with van der Waals surface area (Å²) in [6.45, 7) is 1.97. The van der Waals surface area contributed by atoms with Crippen molar-refractivity contribution < 1.29 is 9.53 Å². The van der Waals surface area contributed by atoms with Crippen molar-refractivity contribution in [1.29, 1.82) is 0 Å². The summed E-state index contributed by atoms with van der Waals surface area (Å²) in [6.07, 6.45) is 0. The highest BCUT2D eigenvalue weighted by atomic mass is 35.5. The molecule has 3 aromatic rings. The van der Waals surface area contributed by atoms with Gasteiger partial charge in [-0.1, -0.05) is 35.9 Å². The number of aryl methyl sites for hydroxylation is 1. The third kappa shape index (κ3) is 2.67. The average Bonchev–Trinajstić information content (AvgIpc) is 2.86. The molecule has 1 N–H and O–H groups in total. The second-order valence-corrected chi connectivity index (χ2v) is 6.33. The quantitative estimate of drug-likeness (QED) is 0.723. The summed E-state index contributed by atoms with van der Waals surface area (Å²) in [7, 11) is 1.58. The van der Waals surface area contributed by atoms with Gasteiger partial charge in [0, 0.05) is 10.1 Å². The lowest BCUT2D eigenvalue weighted by atomic mass is 10.2. The van der Waals surface area contributed by atoms with Crippen LogP contribution >= 0.6 is 22.9 Å². The molecule has 1 aromatic heterocycles. The SMILES string of the molecule is COc1cc(C)ccc1NC(=O)c1sc2ccccc2c1Cl. The van der Waals surface area contributed by atoms with Crippen LogP contribution in [-0.2, 0) is 0 Å². The molecule has 0 spiro atoms. The summed E-state index contributed by atoms with van der Waals surface area (Å²) >= 11 is 7.72. The number of nitrogens with one attached hydrogen (secondary N) is 1. The van der Waals surface area contributed by atoms with Crippen LogP contribution in [0.25, 0.3) is 10.1 Å². The zero-order valence-electron chi connectivity index (χ0n) is 12.1. The first-order chi connectivity index (χ1) is 10.6. The Labute approximate surface area is 137 Å². The van der Waals surface area contributed by atoms with Crippen LogP contribution in [0.3, 0.4) is 0 Å². The minimum absolute atomic E-state index is 0.228. The third-order valence-corrected chi connectivity index (χ3v) is 5.02. The number of methoxy groups -OCH3 is 1. The standard InChI is InChI=1S/C17H14ClNO2S/c1-10-7-8-12(13(9-10)21-2)19-17(20)16-15(18)11-5-3-4-6-14(11)22-16/h3-9H,1-2H3,(H,19,20). The molecule has 3 rings (SSSR count). The summed E-state index contributed by atoms with van der Waals surface area (Å²) in [5.41, 5.74) is 1.70. The molecule has 0 saturated heterocycles. The Balaban J connectivity index is 1.95. The number of anilines is 1. The molecular formula is C17H14ClNO2S. The summed E-state index contributed by atoms with van der Waals surface area (Å²) in [4.78, 5) is 13.0. The van der Waals surface area contributed by atoms with Gasteiger partial charge in [0.15, 0.2) is 0 Å². The van der Waals surface area contributed by atoms with Crippen LogP contribution in [0.5, 0.6) is 5.75 Å². The number of thiophene rings is 1. The van der Waals surface area contributed by atoms with Gasteiger partial charge in [0.2, 0.25) is 0 Å². The topological polar surface area (TPSA) is 38.3 Å². The van der Waals surface area contributed by atoms with E-state index in [0.717, 1.165) is 15.6 Å². The normalized spacial score (nSPS) is 10.7. The molecule has 2 aromatic carbocycles. The van der Waals surface area contributed by atoms with E-state index in [1.165, 1.54) is 11.3 Å². The first-order valence-corrected chi connectivity index (χ1v) is 7.92. The fraction of sp³-hybridized carbons (Fsp3) is 0.118. The minimum Gasteiger partial charge on any atom is -0.495 e. The van der Waals surface area contributed by atoms with Crippen LogP contribution in [-0.4, -0.2) is 13.0 Å². The van der Waals surface area contributed by atoms with Crippen LogP contribution in [0.15, 0.2) is 42.5 Å². The van der Waals surface area contributed by atoms with E-state index in [-0.39, 0.29) is 5.91 Å². The van der Waals surface area contributed by atoms with Crippen LogP contribution in [0, 0.1) is 6.92 Å². The molecular weight excluding hydrogens is 318 g/mol. The third-order valence-electron chi connectivity index (χ3n) is 3.35. The fourth-order valence-corrected chi connectivity index (χ4v) is 3.65. The van der Waals surface area contributed by atoms with Crippen LogP contribution in [0.2, 0.25) is 5.02 Å². The molecule has 22 heavy (non-hydrogen) atoms. The van der Waals surface area contributed by atoms with Crippen molar-refractivity contribution in [3.8, 4) is 5.75 Å². The van der Waals surface area contributed by atoms with Gasteiger partial charge in [0.25, 0.3) is 5.91 Å². The molecule has 0 aliphatic carbocycles. The van der Waals surface area contributed by atoms with E-state index >= 15 is 0 Å². The van der Waals surface area contributed by atoms with Crippen molar-refractivity contribution in [2.45, 2.75) is 6.92 Å². The van der Waals surface area contributed by atoms with Crippen LogP contribution in [0.1, 0.15) is 15.2 Å². The van der Waals surface area contributed by atoms with Gasteiger partial charge in [-0.3, -0.25) is 4.79 Å². The minimum atomic E-state index is -0.228. The van der Waals surface area contributed by atoms with Crippen molar-refractivity contribution >= 4 is 44.6 Å². The number of ether oxygens (including phenoxy) is 1. The number of amides is 1. The molecule has 112 valence electrons. The van der Waals surface area contributed by atoms with Crippen molar-refractivity contribution in [1.82, 2.24) is 0 Å². The van der Waals surface area contributed by atoms with Crippen molar-refractivity contribution in [2.24, 2.45) is 0 Å². The monoisotopic (exact) mass is 331 g/mol. The van der Waals surface area contributed by atoms with E-state index in [1.807, 2.05) is 49.4 Å². The molecule has 0 atom stereocenters. The van der Waals surface area contributed by atoms with Gasteiger partial charge >= 0.3 is 0 Å². The Kier molecular flexibility index (Phi) is 4.05. The Bertz CT molecular complexity index is 857. The number of hydrogen-bond donors (Lipinski definition) is 1. The molecule has 1 amide bonds.